The van der Waals surface area contributed by atoms with Gasteiger partial charge < -0.3 is 4.74 Å². The SMILES string of the molecule is NNC(c1sccc1Br)C1CCOC1. The Morgan fingerprint density at radius 1 is 1.71 bits per heavy atom. The van der Waals surface area contributed by atoms with Crippen LogP contribution in [0.3, 0.4) is 0 Å². The van der Waals surface area contributed by atoms with E-state index in [0.29, 0.717) is 5.92 Å². The van der Waals surface area contributed by atoms with Gasteiger partial charge in [-0.2, -0.15) is 0 Å². The van der Waals surface area contributed by atoms with Crippen LogP contribution in [0.15, 0.2) is 15.9 Å². The van der Waals surface area contributed by atoms with Gasteiger partial charge in [-0.15, -0.1) is 11.3 Å². The maximum atomic E-state index is 5.59. The van der Waals surface area contributed by atoms with E-state index in [9.17, 15) is 0 Å². The molecule has 1 fully saturated rings. The fraction of sp³-hybridized carbons (Fsp3) is 0.556. The quantitative estimate of drug-likeness (QED) is 0.656. The van der Waals surface area contributed by atoms with Crippen molar-refractivity contribution in [3.63, 3.8) is 0 Å². The summed E-state index contributed by atoms with van der Waals surface area (Å²) >= 11 is 5.25. The van der Waals surface area contributed by atoms with Crippen molar-refractivity contribution in [3.05, 3.63) is 20.8 Å². The van der Waals surface area contributed by atoms with Crippen molar-refractivity contribution in [1.82, 2.24) is 5.43 Å². The molecule has 0 bridgehead atoms. The van der Waals surface area contributed by atoms with Gasteiger partial charge in [0.1, 0.15) is 0 Å². The van der Waals surface area contributed by atoms with Crippen molar-refractivity contribution < 1.29 is 4.74 Å². The van der Waals surface area contributed by atoms with E-state index >= 15 is 0 Å². The molecular weight excluding hydrogens is 264 g/mol. The summed E-state index contributed by atoms with van der Waals surface area (Å²) in [4.78, 5) is 1.27. The summed E-state index contributed by atoms with van der Waals surface area (Å²) in [5.74, 6) is 6.09. The predicted molar refractivity (Wildman–Crippen MR) is 61.0 cm³/mol. The molecule has 14 heavy (non-hydrogen) atoms. The van der Waals surface area contributed by atoms with E-state index in [0.717, 1.165) is 24.1 Å². The van der Waals surface area contributed by atoms with Crippen LogP contribution in [-0.2, 0) is 4.74 Å². The van der Waals surface area contributed by atoms with Crippen molar-refractivity contribution in [1.29, 1.82) is 0 Å². The lowest BCUT2D eigenvalue weighted by Gasteiger charge is -2.20. The van der Waals surface area contributed by atoms with Gasteiger partial charge in [-0.05, 0) is 33.8 Å². The molecule has 1 saturated heterocycles. The molecule has 0 aromatic carbocycles. The zero-order valence-electron chi connectivity index (χ0n) is 7.70. The molecule has 1 aromatic heterocycles. The molecule has 2 atom stereocenters. The molecule has 78 valence electrons. The molecule has 3 N–H and O–H groups in total. The smallest absolute Gasteiger partial charge is 0.0615 e. The number of hydrogen-bond acceptors (Lipinski definition) is 4. The molecule has 0 amide bonds. The van der Waals surface area contributed by atoms with Crippen molar-refractivity contribution >= 4 is 27.3 Å². The predicted octanol–water partition coefficient (Wildman–Crippen LogP) is 2.05. The zero-order chi connectivity index (χ0) is 9.97. The molecule has 2 rings (SSSR count). The van der Waals surface area contributed by atoms with Crippen LogP contribution < -0.4 is 11.3 Å². The number of rotatable bonds is 3. The Bertz CT molecular complexity index is 299. The van der Waals surface area contributed by atoms with E-state index in [4.69, 9.17) is 10.6 Å². The summed E-state index contributed by atoms with van der Waals surface area (Å²) in [6.07, 6.45) is 1.08. The average molecular weight is 277 g/mol. The molecule has 3 nitrogen and oxygen atoms in total. The normalized spacial score (nSPS) is 24.0. The minimum atomic E-state index is 0.215. The Balaban J connectivity index is 2.16. The molecule has 0 saturated carbocycles. The first kappa shape index (κ1) is 10.6. The van der Waals surface area contributed by atoms with E-state index in [1.807, 2.05) is 0 Å². The molecule has 1 aliphatic rings. The minimum Gasteiger partial charge on any atom is -0.381 e. The highest BCUT2D eigenvalue weighted by molar-refractivity contribution is 9.10. The number of ether oxygens (including phenoxy) is 1. The number of halogens is 1. The van der Waals surface area contributed by atoms with Gasteiger partial charge in [-0.1, -0.05) is 0 Å². The van der Waals surface area contributed by atoms with Crippen LogP contribution in [0.1, 0.15) is 17.3 Å². The molecule has 2 heterocycles. The van der Waals surface area contributed by atoms with E-state index in [1.54, 1.807) is 11.3 Å². The summed E-state index contributed by atoms with van der Waals surface area (Å²) in [6, 6.07) is 2.27. The number of nitrogens with one attached hydrogen (secondary N) is 1. The zero-order valence-corrected chi connectivity index (χ0v) is 10.1. The largest absolute Gasteiger partial charge is 0.381 e. The number of thiophene rings is 1. The summed E-state index contributed by atoms with van der Waals surface area (Å²) < 4.78 is 6.51. The Morgan fingerprint density at radius 2 is 2.57 bits per heavy atom. The van der Waals surface area contributed by atoms with E-state index in [1.165, 1.54) is 4.88 Å². The van der Waals surface area contributed by atoms with E-state index in [-0.39, 0.29) is 6.04 Å². The fourth-order valence-corrected chi connectivity index (χ4v) is 3.54. The Morgan fingerprint density at radius 3 is 3.07 bits per heavy atom. The van der Waals surface area contributed by atoms with Crippen LogP contribution >= 0.6 is 27.3 Å². The highest BCUT2D eigenvalue weighted by Gasteiger charge is 2.28. The van der Waals surface area contributed by atoms with Crippen molar-refractivity contribution in [2.24, 2.45) is 11.8 Å². The maximum absolute atomic E-state index is 5.59. The summed E-state index contributed by atoms with van der Waals surface area (Å²) in [6.45, 7) is 1.66. The van der Waals surface area contributed by atoms with Crippen LogP contribution in [0.5, 0.6) is 0 Å². The summed E-state index contributed by atoms with van der Waals surface area (Å²) in [5, 5.41) is 2.07. The van der Waals surface area contributed by atoms with Gasteiger partial charge in [0.15, 0.2) is 0 Å². The fourth-order valence-electron chi connectivity index (χ4n) is 1.77. The van der Waals surface area contributed by atoms with E-state index < -0.39 is 0 Å². The van der Waals surface area contributed by atoms with Crippen LogP contribution in [0.25, 0.3) is 0 Å². The van der Waals surface area contributed by atoms with Crippen LogP contribution in [-0.4, -0.2) is 13.2 Å². The third-order valence-corrected chi connectivity index (χ3v) is 4.50. The van der Waals surface area contributed by atoms with Crippen molar-refractivity contribution in [2.75, 3.05) is 13.2 Å². The Hall–Kier alpha value is 0.0600. The molecule has 2 unspecified atom stereocenters. The number of nitrogens with two attached hydrogens (primary N) is 1. The first-order valence-electron chi connectivity index (χ1n) is 4.59. The van der Waals surface area contributed by atoms with Gasteiger partial charge >= 0.3 is 0 Å². The first-order valence-corrected chi connectivity index (χ1v) is 6.27. The average Bonchev–Trinajstić information content (AvgIpc) is 2.80. The number of hydrazine groups is 1. The highest BCUT2D eigenvalue weighted by atomic mass is 79.9. The molecule has 0 radical (unpaired) electrons. The van der Waals surface area contributed by atoms with Gasteiger partial charge in [-0.25, -0.2) is 0 Å². The lowest BCUT2D eigenvalue weighted by molar-refractivity contribution is 0.177. The van der Waals surface area contributed by atoms with Gasteiger partial charge in [-0.3, -0.25) is 11.3 Å². The molecular formula is C9H13BrN2OS. The second kappa shape index (κ2) is 4.72. The van der Waals surface area contributed by atoms with Crippen molar-refractivity contribution in [2.45, 2.75) is 12.5 Å². The summed E-state index contributed by atoms with van der Waals surface area (Å²) in [7, 11) is 0. The Kier molecular flexibility index (Phi) is 3.57. The molecule has 5 heteroatoms. The van der Waals surface area contributed by atoms with Crippen LogP contribution in [0.4, 0.5) is 0 Å². The van der Waals surface area contributed by atoms with Crippen molar-refractivity contribution in [3.8, 4) is 0 Å². The van der Waals surface area contributed by atoms with Gasteiger partial charge in [0.2, 0.25) is 0 Å². The van der Waals surface area contributed by atoms with Gasteiger partial charge in [0.25, 0.3) is 0 Å². The number of hydrogen-bond donors (Lipinski definition) is 2. The van der Waals surface area contributed by atoms with Crippen LogP contribution in [0.2, 0.25) is 0 Å². The molecule has 1 aromatic rings. The standard InChI is InChI=1S/C9H13BrN2OS/c10-7-2-4-14-9(7)8(12-11)6-1-3-13-5-6/h2,4,6,8,12H,1,3,5,11H2. The minimum absolute atomic E-state index is 0.215. The first-order chi connectivity index (χ1) is 6.83. The third kappa shape index (κ3) is 2.01. The Labute approximate surface area is 95.7 Å². The highest BCUT2D eigenvalue weighted by Crippen LogP contribution is 2.35. The second-order valence-electron chi connectivity index (χ2n) is 3.40. The molecule has 0 spiro atoms. The monoisotopic (exact) mass is 276 g/mol. The topological polar surface area (TPSA) is 47.3 Å². The molecule has 1 aliphatic heterocycles. The summed E-state index contributed by atoms with van der Waals surface area (Å²) in [5.41, 5.74) is 2.89. The van der Waals surface area contributed by atoms with Crippen LogP contribution in [0, 0.1) is 5.92 Å². The van der Waals surface area contributed by atoms with E-state index in [2.05, 4.69) is 32.8 Å². The maximum Gasteiger partial charge on any atom is 0.0615 e. The molecule has 0 aliphatic carbocycles. The van der Waals surface area contributed by atoms with Gasteiger partial charge in [0, 0.05) is 21.9 Å². The lowest BCUT2D eigenvalue weighted by Crippen LogP contribution is -2.33. The third-order valence-electron chi connectivity index (χ3n) is 2.54. The second-order valence-corrected chi connectivity index (χ2v) is 5.20. The van der Waals surface area contributed by atoms with Gasteiger partial charge in [0.05, 0.1) is 12.6 Å². The lowest BCUT2D eigenvalue weighted by atomic mass is 9.98.